The predicted molar refractivity (Wildman–Crippen MR) is 81.1 cm³/mol. The van der Waals surface area contributed by atoms with Gasteiger partial charge in [0, 0.05) is 6.04 Å². The first kappa shape index (κ1) is 13.9. The fourth-order valence-corrected chi connectivity index (χ4v) is 3.74. The largest absolute Gasteiger partial charge is 0.389 e. The van der Waals surface area contributed by atoms with Crippen LogP contribution in [-0.2, 0) is 13.0 Å². The molecule has 1 fully saturated rings. The Hall–Kier alpha value is -0.520. The minimum absolute atomic E-state index is 0.488. The molecule has 5 heteroatoms. The van der Waals surface area contributed by atoms with E-state index in [9.17, 15) is 0 Å². The van der Waals surface area contributed by atoms with Gasteiger partial charge in [0.1, 0.15) is 10.00 Å². The van der Waals surface area contributed by atoms with Crippen molar-refractivity contribution in [1.29, 1.82) is 0 Å². The summed E-state index contributed by atoms with van der Waals surface area (Å²) >= 11 is 6.76. The van der Waals surface area contributed by atoms with Crippen molar-refractivity contribution in [3.63, 3.8) is 0 Å². The standard InChI is InChI=1S/C13H21N3S2/c1-3-10-12(13(14)17)18-11(15-10)8-16-7-5-4-6-9(16)2/h9H,3-8H2,1-2H3,(H2,14,17). The number of nitrogens with two attached hydrogens (primary N) is 1. The topological polar surface area (TPSA) is 42.2 Å². The molecule has 1 unspecified atom stereocenters. The highest BCUT2D eigenvalue weighted by Crippen LogP contribution is 2.24. The van der Waals surface area contributed by atoms with E-state index in [2.05, 4.69) is 23.7 Å². The van der Waals surface area contributed by atoms with E-state index in [1.54, 1.807) is 11.3 Å². The van der Waals surface area contributed by atoms with Gasteiger partial charge in [0.05, 0.1) is 17.1 Å². The number of hydrogen-bond acceptors (Lipinski definition) is 4. The highest BCUT2D eigenvalue weighted by Gasteiger charge is 2.20. The number of nitrogens with zero attached hydrogens (tertiary/aromatic N) is 2. The third-order valence-corrected chi connectivity index (χ3v) is 5.03. The first-order chi connectivity index (χ1) is 8.61. The lowest BCUT2D eigenvalue weighted by Gasteiger charge is -2.32. The van der Waals surface area contributed by atoms with Crippen LogP contribution in [0.15, 0.2) is 0 Å². The molecule has 1 aromatic rings. The van der Waals surface area contributed by atoms with Crippen LogP contribution in [0.4, 0.5) is 0 Å². The molecular formula is C13H21N3S2. The number of piperidine rings is 1. The van der Waals surface area contributed by atoms with Gasteiger partial charge >= 0.3 is 0 Å². The lowest BCUT2D eigenvalue weighted by molar-refractivity contribution is 0.152. The van der Waals surface area contributed by atoms with Crippen molar-refractivity contribution < 1.29 is 0 Å². The molecule has 0 aliphatic carbocycles. The minimum Gasteiger partial charge on any atom is -0.389 e. The van der Waals surface area contributed by atoms with Gasteiger partial charge in [0.15, 0.2) is 0 Å². The molecule has 1 saturated heterocycles. The van der Waals surface area contributed by atoms with E-state index in [4.69, 9.17) is 18.0 Å². The van der Waals surface area contributed by atoms with Gasteiger partial charge in [0.25, 0.3) is 0 Å². The van der Waals surface area contributed by atoms with Crippen molar-refractivity contribution in [2.75, 3.05) is 6.54 Å². The molecular weight excluding hydrogens is 262 g/mol. The Balaban J connectivity index is 2.11. The maximum Gasteiger partial charge on any atom is 0.116 e. The van der Waals surface area contributed by atoms with Crippen LogP contribution < -0.4 is 5.73 Å². The molecule has 0 radical (unpaired) electrons. The van der Waals surface area contributed by atoms with Gasteiger partial charge < -0.3 is 5.73 Å². The van der Waals surface area contributed by atoms with Crippen molar-refractivity contribution in [1.82, 2.24) is 9.88 Å². The summed E-state index contributed by atoms with van der Waals surface area (Å²) in [4.78, 5) is 8.70. The zero-order chi connectivity index (χ0) is 13.1. The zero-order valence-corrected chi connectivity index (χ0v) is 12.7. The lowest BCUT2D eigenvalue weighted by Crippen LogP contribution is -2.36. The lowest BCUT2D eigenvalue weighted by atomic mass is 10.0. The molecule has 0 amide bonds. The van der Waals surface area contributed by atoms with Crippen LogP contribution in [0.25, 0.3) is 0 Å². The average molecular weight is 283 g/mol. The third kappa shape index (κ3) is 3.08. The molecule has 1 aromatic heterocycles. The molecule has 0 saturated carbocycles. The second-order valence-electron chi connectivity index (χ2n) is 4.92. The zero-order valence-electron chi connectivity index (χ0n) is 11.1. The van der Waals surface area contributed by atoms with Gasteiger partial charge in [0.2, 0.25) is 0 Å². The van der Waals surface area contributed by atoms with Crippen LogP contribution in [-0.4, -0.2) is 27.5 Å². The summed E-state index contributed by atoms with van der Waals surface area (Å²) in [5.41, 5.74) is 6.81. The molecule has 3 nitrogen and oxygen atoms in total. The Morgan fingerprint density at radius 3 is 2.89 bits per heavy atom. The van der Waals surface area contributed by atoms with Crippen LogP contribution in [0, 0.1) is 0 Å². The van der Waals surface area contributed by atoms with Crippen LogP contribution in [0.5, 0.6) is 0 Å². The van der Waals surface area contributed by atoms with E-state index in [-0.39, 0.29) is 0 Å². The van der Waals surface area contributed by atoms with E-state index < -0.39 is 0 Å². The fraction of sp³-hybridized carbons (Fsp3) is 0.692. The number of aromatic nitrogens is 1. The molecule has 1 aliphatic heterocycles. The Kier molecular flexibility index (Phi) is 4.70. The monoisotopic (exact) mass is 283 g/mol. The quantitative estimate of drug-likeness (QED) is 0.863. The van der Waals surface area contributed by atoms with Crippen LogP contribution in [0.1, 0.15) is 48.7 Å². The SMILES string of the molecule is CCc1nc(CN2CCCCC2C)sc1C(N)=S. The Bertz CT molecular complexity index is 428. The molecule has 100 valence electrons. The molecule has 18 heavy (non-hydrogen) atoms. The van der Waals surface area contributed by atoms with E-state index >= 15 is 0 Å². The summed E-state index contributed by atoms with van der Waals surface area (Å²) < 4.78 is 0. The summed E-state index contributed by atoms with van der Waals surface area (Å²) in [7, 11) is 0. The van der Waals surface area contributed by atoms with Gasteiger partial charge in [-0.3, -0.25) is 4.90 Å². The van der Waals surface area contributed by atoms with Gasteiger partial charge in [-0.2, -0.15) is 0 Å². The van der Waals surface area contributed by atoms with Crippen LogP contribution in [0.3, 0.4) is 0 Å². The van der Waals surface area contributed by atoms with E-state index in [0.29, 0.717) is 11.0 Å². The van der Waals surface area contributed by atoms with Gasteiger partial charge in [-0.05, 0) is 32.7 Å². The summed E-state index contributed by atoms with van der Waals surface area (Å²) in [5.74, 6) is 0. The predicted octanol–water partition coefficient (Wildman–Crippen LogP) is 2.71. The summed E-state index contributed by atoms with van der Waals surface area (Å²) in [6.07, 6.45) is 4.86. The first-order valence-corrected chi connectivity index (χ1v) is 7.86. The smallest absolute Gasteiger partial charge is 0.116 e. The fourth-order valence-electron chi connectivity index (χ4n) is 2.47. The highest BCUT2D eigenvalue weighted by atomic mass is 32.1. The summed E-state index contributed by atoms with van der Waals surface area (Å²) in [6.45, 7) is 6.54. The second kappa shape index (κ2) is 6.08. The molecule has 1 aliphatic rings. The number of rotatable bonds is 4. The van der Waals surface area contributed by atoms with Crippen LogP contribution in [0.2, 0.25) is 0 Å². The Labute approximate surface area is 118 Å². The number of likely N-dealkylation sites (tertiary alicyclic amines) is 1. The van der Waals surface area contributed by atoms with Gasteiger partial charge in [-0.15, -0.1) is 11.3 Å². The van der Waals surface area contributed by atoms with Crippen molar-refractivity contribution in [2.45, 2.75) is 52.1 Å². The average Bonchev–Trinajstić information content (AvgIpc) is 2.75. The molecule has 2 rings (SSSR count). The number of hydrogen-bond donors (Lipinski definition) is 1. The maximum absolute atomic E-state index is 5.75. The van der Waals surface area contributed by atoms with Crippen molar-refractivity contribution in [2.24, 2.45) is 5.73 Å². The molecule has 2 N–H and O–H groups in total. The molecule has 0 spiro atoms. The summed E-state index contributed by atoms with van der Waals surface area (Å²) in [6, 6.07) is 0.668. The van der Waals surface area contributed by atoms with Crippen molar-refractivity contribution >= 4 is 28.5 Å². The Morgan fingerprint density at radius 2 is 2.33 bits per heavy atom. The molecule has 0 aromatic carbocycles. The summed E-state index contributed by atoms with van der Waals surface area (Å²) in [5, 5.41) is 1.16. The van der Waals surface area contributed by atoms with Crippen molar-refractivity contribution in [3.05, 3.63) is 15.6 Å². The number of thiazole rings is 1. The maximum atomic E-state index is 5.75. The molecule has 0 bridgehead atoms. The highest BCUT2D eigenvalue weighted by molar-refractivity contribution is 7.81. The minimum atomic E-state index is 0.488. The van der Waals surface area contributed by atoms with Crippen LogP contribution >= 0.6 is 23.6 Å². The normalized spacial score (nSPS) is 21.1. The Morgan fingerprint density at radius 1 is 1.56 bits per heavy atom. The first-order valence-electron chi connectivity index (χ1n) is 6.64. The molecule has 1 atom stereocenters. The van der Waals surface area contributed by atoms with E-state index in [1.807, 2.05) is 0 Å². The number of thiocarbonyl (C=S) groups is 1. The van der Waals surface area contributed by atoms with E-state index in [0.717, 1.165) is 28.5 Å². The van der Waals surface area contributed by atoms with E-state index in [1.165, 1.54) is 25.8 Å². The van der Waals surface area contributed by atoms with Gasteiger partial charge in [-0.25, -0.2) is 4.98 Å². The molecule has 2 heterocycles. The third-order valence-electron chi connectivity index (χ3n) is 3.58. The van der Waals surface area contributed by atoms with Crippen molar-refractivity contribution in [3.8, 4) is 0 Å². The van der Waals surface area contributed by atoms with Gasteiger partial charge in [-0.1, -0.05) is 25.6 Å². The number of aryl methyl sites for hydroxylation is 1. The second-order valence-corrected chi connectivity index (χ2v) is 6.44.